The molecule has 1 unspecified atom stereocenters. The number of carbonyl (C=O) groups is 1. The highest BCUT2D eigenvalue weighted by Crippen LogP contribution is 2.43. The van der Waals surface area contributed by atoms with E-state index in [-0.39, 0.29) is 0 Å². The smallest absolute Gasteiger partial charge is 0.235 e. The van der Waals surface area contributed by atoms with Crippen LogP contribution in [0.15, 0.2) is 35.4 Å². The number of pyridine rings is 1. The number of aromatic nitrogens is 1. The molecule has 1 saturated carbocycles. The van der Waals surface area contributed by atoms with Crippen LogP contribution in [0.5, 0.6) is 0 Å². The number of anilines is 1. The summed E-state index contributed by atoms with van der Waals surface area (Å²) in [5, 5.41) is 13.6. The van der Waals surface area contributed by atoms with Gasteiger partial charge in [0.2, 0.25) is 11.6 Å². The summed E-state index contributed by atoms with van der Waals surface area (Å²) >= 11 is 1.20. The van der Waals surface area contributed by atoms with E-state index in [1.165, 1.54) is 31.0 Å². The predicted molar refractivity (Wildman–Crippen MR) is 144 cm³/mol. The van der Waals surface area contributed by atoms with Crippen molar-refractivity contribution in [3.8, 4) is 6.07 Å². The van der Waals surface area contributed by atoms with E-state index < -0.39 is 11.2 Å². The predicted octanol–water partition coefficient (Wildman–Crippen LogP) is 5.13. The van der Waals surface area contributed by atoms with Crippen molar-refractivity contribution in [1.82, 2.24) is 10.3 Å². The molecule has 188 valence electrons. The largest absolute Gasteiger partial charge is 0.368 e. The van der Waals surface area contributed by atoms with E-state index in [0.717, 1.165) is 38.0 Å². The fourth-order valence-corrected chi connectivity index (χ4v) is 6.20. The van der Waals surface area contributed by atoms with Crippen LogP contribution >= 0.6 is 11.8 Å². The maximum absolute atomic E-state index is 12.4. The minimum absolute atomic E-state index is 0.365. The van der Waals surface area contributed by atoms with Crippen molar-refractivity contribution < 1.29 is 4.79 Å². The highest BCUT2D eigenvalue weighted by atomic mass is 32.2. The maximum atomic E-state index is 12.4. The summed E-state index contributed by atoms with van der Waals surface area (Å²) in [7, 11) is 0. The first-order chi connectivity index (χ1) is 17.4. The lowest BCUT2D eigenvalue weighted by atomic mass is 9.70. The number of carbonyl (C=O) groups excluding carboxylic acids is 1. The van der Waals surface area contributed by atoms with Crippen molar-refractivity contribution in [2.24, 2.45) is 11.1 Å². The summed E-state index contributed by atoms with van der Waals surface area (Å²) in [5.41, 5.74) is 8.48. The van der Waals surface area contributed by atoms with E-state index >= 15 is 0 Å². The van der Waals surface area contributed by atoms with Crippen molar-refractivity contribution in [2.75, 3.05) is 24.5 Å². The molecule has 3 N–H and O–H groups in total. The molecule has 1 aromatic carbocycles. The van der Waals surface area contributed by atoms with E-state index in [1.807, 2.05) is 37.3 Å². The number of nitrogens with two attached hydrogens (primary N) is 1. The SMILES string of the molecule is [C-]#[N+]c1c(N2CCC(NCC3(C)CCC3)CC2)nc(SC(C(N)=O)c2ccccc2)c(C#N)c1CC. The molecule has 1 amide bonds. The number of hydrogen-bond acceptors (Lipinski definition) is 6. The Morgan fingerprint density at radius 2 is 2.06 bits per heavy atom. The number of primary amides is 1. The molecule has 1 aromatic heterocycles. The lowest BCUT2D eigenvalue weighted by Gasteiger charge is -2.41. The second-order valence-electron chi connectivity index (χ2n) is 10.1. The van der Waals surface area contributed by atoms with Gasteiger partial charge in [-0.2, -0.15) is 5.26 Å². The van der Waals surface area contributed by atoms with E-state index in [1.54, 1.807) is 0 Å². The van der Waals surface area contributed by atoms with Crippen molar-refractivity contribution in [3.63, 3.8) is 0 Å². The van der Waals surface area contributed by atoms with Crippen molar-refractivity contribution in [2.45, 2.75) is 68.7 Å². The zero-order valence-corrected chi connectivity index (χ0v) is 21.9. The van der Waals surface area contributed by atoms with Gasteiger partial charge in [0, 0.05) is 25.7 Å². The molecular formula is C28H34N6OS. The lowest BCUT2D eigenvalue weighted by molar-refractivity contribution is -0.117. The summed E-state index contributed by atoms with van der Waals surface area (Å²) in [6.45, 7) is 14.9. The third kappa shape index (κ3) is 5.51. The van der Waals surface area contributed by atoms with E-state index in [2.05, 4.69) is 28.1 Å². The molecule has 1 saturated heterocycles. The van der Waals surface area contributed by atoms with E-state index in [0.29, 0.717) is 45.5 Å². The molecular weight excluding hydrogens is 468 g/mol. The van der Waals surface area contributed by atoms with Crippen LogP contribution in [0, 0.1) is 23.3 Å². The van der Waals surface area contributed by atoms with Gasteiger partial charge < -0.3 is 16.0 Å². The molecule has 1 atom stereocenters. The van der Waals surface area contributed by atoms with Crippen LogP contribution in [0.3, 0.4) is 0 Å². The fourth-order valence-electron chi connectivity index (χ4n) is 5.14. The zero-order chi connectivity index (χ0) is 25.7. The molecule has 4 rings (SSSR count). The summed E-state index contributed by atoms with van der Waals surface area (Å²) in [4.78, 5) is 23.2. The first kappa shape index (κ1) is 26.0. The van der Waals surface area contributed by atoms with Crippen LogP contribution in [0.4, 0.5) is 11.5 Å². The summed E-state index contributed by atoms with van der Waals surface area (Å²) in [6, 6.07) is 12.0. The van der Waals surface area contributed by atoms with Crippen LogP contribution in [-0.4, -0.2) is 36.6 Å². The van der Waals surface area contributed by atoms with Crippen LogP contribution < -0.4 is 16.0 Å². The molecule has 7 nitrogen and oxygen atoms in total. The quantitative estimate of drug-likeness (QED) is 0.364. The Bertz CT molecular complexity index is 1170. The molecule has 2 fully saturated rings. The molecule has 0 radical (unpaired) electrons. The summed E-state index contributed by atoms with van der Waals surface area (Å²) < 4.78 is 0. The Hall–Kier alpha value is -3.07. The topological polar surface area (TPSA) is 99.4 Å². The molecule has 1 aliphatic carbocycles. The third-order valence-electron chi connectivity index (χ3n) is 7.56. The monoisotopic (exact) mass is 502 g/mol. The van der Waals surface area contributed by atoms with Gasteiger partial charge in [-0.05, 0) is 48.6 Å². The Balaban J connectivity index is 1.60. The van der Waals surface area contributed by atoms with Gasteiger partial charge >= 0.3 is 0 Å². The van der Waals surface area contributed by atoms with Gasteiger partial charge in [0.05, 0.1) is 12.1 Å². The Morgan fingerprint density at radius 1 is 1.36 bits per heavy atom. The number of nitrogens with one attached hydrogen (secondary N) is 1. The van der Waals surface area contributed by atoms with E-state index in [4.69, 9.17) is 17.3 Å². The van der Waals surface area contributed by atoms with Gasteiger partial charge in [0.1, 0.15) is 22.2 Å². The second-order valence-corrected chi connectivity index (χ2v) is 11.2. The number of amides is 1. The number of benzene rings is 1. The highest BCUT2D eigenvalue weighted by Gasteiger charge is 2.33. The van der Waals surface area contributed by atoms with Gasteiger partial charge in [-0.1, -0.05) is 62.4 Å². The minimum Gasteiger partial charge on any atom is -0.368 e. The molecule has 2 heterocycles. The molecule has 1 aliphatic heterocycles. The van der Waals surface area contributed by atoms with Crippen molar-refractivity contribution >= 4 is 29.2 Å². The Labute approximate surface area is 218 Å². The van der Waals surface area contributed by atoms with Crippen molar-refractivity contribution in [3.05, 3.63) is 58.4 Å². The molecule has 2 aliphatic rings. The minimum atomic E-state index is -0.676. The second kappa shape index (κ2) is 11.3. The molecule has 8 heteroatoms. The first-order valence-corrected chi connectivity index (χ1v) is 13.6. The van der Waals surface area contributed by atoms with E-state index in [9.17, 15) is 10.1 Å². The summed E-state index contributed by atoms with van der Waals surface area (Å²) in [6.07, 6.45) is 6.43. The van der Waals surface area contributed by atoms with Gasteiger partial charge in [-0.25, -0.2) is 9.83 Å². The standard InChI is InChI=1S/C28H34N6OS/c1-4-21-22(17-29)27(36-24(25(30)35)19-9-6-5-7-10-19)33-26(23(21)31-3)34-15-11-20(12-16-34)32-18-28(2)13-8-14-28/h5-7,9-10,20,24,32H,4,8,11-16,18H2,1-2H3,(H2,30,35). The average molecular weight is 503 g/mol. The normalized spacial score (nSPS) is 18.1. The van der Waals surface area contributed by atoms with Crippen LogP contribution in [0.1, 0.15) is 67.9 Å². The average Bonchev–Trinajstić information content (AvgIpc) is 2.89. The lowest BCUT2D eigenvalue weighted by Crippen LogP contribution is -2.47. The van der Waals surface area contributed by atoms with Crippen LogP contribution in [0.25, 0.3) is 4.85 Å². The molecule has 0 spiro atoms. The Morgan fingerprint density at radius 3 is 2.58 bits per heavy atom. The van der Waals surface area contributed by atoms with Gasteiger partial charge in [0.25, 0.3) is 0 Å². The highest BCUT2D eigenvalue weighted by molar-refractivity contribution is 8.00. The van der Waals surface area contributed by atoms with Gasteiger partial charge in [-0.3, -0.25) is 4.79 Å². The summed E-state index contributed by atoms with van der Waals surface area (Å²) in [5.74, 6) is 0.127. The number of hydrogen-bond donors (Lipinski definition) is 2. The molecule has 2 aromatic rings. The van der Waals surface area contributed by atoms with Gasteiger partial charge in [0.15, 0.2) is 0 Å². The third-order valence-corrected chi connectivity index (χ3v) is 8.82. The number of nitriles is 1. The maximum Gasteiger partial charge on any atom is 0.235 e. The van der Waals surface area contributed by atoms with Gasteiger partial charge in [-0.15, -0.1) is 0 Å². The van der Waals surface area contributed by atoms with Crippen molar-refractivity contribution in [1.29, 1.82) is 5.26 Å². The number of rotatable bonds is 9. The Kier molecular flexibility index (Phi) is 8.18. The van der Waals surface area contributed by atoms with Crippen LogP contribution in [0.2, 0.25) is 0 Å². The number of nitrogens with zero attached hydrogens (tertiary/aromatic N) is 4. The first-order valence-electron chi connectivity index (χ1n) is 12.7. The molecule has 0 bridgehead atoms. The number of thioether (sulfide) groups is 1. The van der Waals surface area contributed by atoms with Crippen LogP contribution in [-0.2, 0) is 11.2 Å². The number of piperidine rings is 1. The fraction of sp³-hybridized carbons (Fsp3) is 0.500. The molecule has 36 heavy (non-hydrogen) atoms. The zero-order valence-electron chi connectivity index (χ0n) is 21.1.